The van der Waals surface area contributed by atoms with Gasteiger partial charge in [-0.15, -0.1) is 10.2 Å². The molecule has 0 saturated heterocycles. The molecule has 1 aromatic heterocycles. The fourth-order valence-electron chi connectivity index (χ4n) is 0.925. The third-order valence-corrected chi connectivity index (χ3v) is 1.94. The Balaban J connectivity index is 2.33. The van der Waals surface area contributed by atoms with Crippen molar-refractivity contribution in [1.29, 1.82) is 0 Å². The van der Waals surface area contributed by atoms with Gasteiger partial charge in [-0.05, 0) is 14.0 Å². The summed E-state index contributed by atoms with van der Waals surface area (Å²) in [5, 5.41) is 10.8. The van der Waals surface area contributed by atoms with E-state index < -0.39 is 0 Å². The van der Waals surface area contributed by atoms with Crippen molar-refractivity contribution in [3.8, 4) is 0 Å². The predicted molar refractivity (Wildman–Crippen MR) is 53.3 cm³/mol. The summed E-state index contributed by atoms with van der Waals surface area (Å²) in [6.45, 7) is 3.36. The van der Waals surface area contributed by atoms with Gasteiger partial charge in [-0.25, -0.2) is 0 Å². The molecule has 0 fully saturated rings. The number of rotatable bonds is 7. The molecule has 86 valence electrons. The number of nitrogens with one attached hydrogen (secondary N) is 1. The molecule has 6 nitrogen and oxygen atoms in total. The van der Waals surface area contributed by atoms with Crippen molar-refractivity contribution >= 4 is 0 Å². The minimum atomic E-state index is 0.0604. The van der Waals surface area contributed by atoms with Crippen LogP contribution in [0, 0.1) is 0 Å². The SMILES string of the molecule is CNC(C)c1nnc(COCCOC)o1. The first-order valence-corrected chi connectivity index (χ1v) is 4.84. The molecule has 0 saturated carbocycles. The van der Waals surface area contributed by atoms with Crippen molar-refractivity contribution in [1.82, 2.24) is 15.5 Å². The highest BCUT2D eigenvalue weighted by Gasteiger charge is 2.11. The third kappa shape index (κ3) is 3.94. The molecule has 1 rings (SSSR count). The van der Waals surface area contributed by atoms with E-state index in [1.54, 1.807) is 7.11 Å². The Morgan fingerprint density at radius 2 is 2.20 bits per heavy atom. The first kappa shape index (κ1) is 12.1. The first-order chi connectivity index (χ1) is 7.27. The van der Waals surface area contributed by atoms with E-state index in [0.29, 0.717) is 31.6 Å². The molecule has 1 aromatic rings. The summed E-state index contributed by atoms with van der Waals surface area (Å²) in [6, 6.07) is 0.0604. The normalized spacial score (nSPS) is 13.0. The Kier molecular flexibility index (Phi) is 5.23. The molecule has 1 N–H and O–H groups in total. The van der Waals surface area contributed by atoms with Gasteiger partial charge in [0.2, 0.25) is 11.8 Å². The van der Waals surface area contributed by atoms with Crippen molar-refractivity contribution < 1.29 is 13.9 Å². The van der Waals surface area contributed by atoms with Crippen LogP contribution in [-0.2, 0) is 16.1 Å². The summed E-state index contributed by atoms with van der Waals surface area (Å²) < 4.78 is 15.5. The maximum atomic E-state index is 5.37. The fraction of sp³-hybridized carbons (Fsp3) is 0.778. The van der Waals surface area contributed by atoms with Crippen molar-refractivity contribution in [3.63, 3.8) is 0 Å². The maximum Gasteiger partial charge on any atom is 0.242 e. The van der Waals surface area contributed by atoms with Crippen LogP contribution in [0.4, 0.5) is 0 Å². The van der Waals surface area contributed by atoms with Gasteiger partial charge in [0, 0.05) is 7.11 Å². The number of nitrogens with zero attached hydrogens (tertiary/aromatic N) is 2. The topological polar surface area (TPSA) is 69.4 Å². The van der Waals surface area contributed by atoms with E-state index >= 15 is 0 Å². The third-order valence-electron chi connectivity index (χ3n) is 1.94. The Hall–Kier alpha value is -0.980. The quantitative estimate of drug-likeness (QED) is 0.668. The molecule has 15 heavy (non-hydrogen) atoms. The molecule has 0 aromatic carbocycles. The summed E-state index contributed by atoms with van der Waals surface area (Å²) in [6.07, 6.45) is 0. The molecule has 0 radical (unpaired) electrons. The van der Waals surface area contributed by atoms with Gasteiger partial charge in [-0.1, -0.05) is 0 Å². The zero-order valence-electron chi connectivity index (χ0n) is 9.32. The summed E-state index contributed by atoms with van der Waals surface area (Å²) in [7, 11) is 3.46. The van der Waals surface area contributed by atoms with Crippen LogP contribution in [-0.4, -0.2) is 37.6 Å². The zero-order valence-corrected chi connectivity index (χ0v) is 9.32. The van der Waals surface area contributed by atoms with Crippen LogP contribution in [0.5, 0.6) is 0 Å². The molecular weight excluding hydrogens is 198 g/mol. The molecule has 0 spiro atoms. The second kappa shape index (κ2) is 6.49. The van der Waals surface area contributed by atoms with E-state index in [0.717, 1.165) is 0 Å². The number of hydrogen-bond acceptors (Lipinski definition) is 6. The molecule has 1 atom stereocenters. The van der Waals surface area contributed by atoms with E-state index in [1.165, 1.54) is 0 Å². The highest BCUT2D eigenvalue weighted by Crippen LogP contribution is 2.09. The van der Waals surface area contributed by atoms with Gasteiger partial charge in [0.25, 0.3) is 0 Å². The average Bonchev–Trinajstić information content (AvgIpc) is 2.72. The predicted octanol–water partition coefficient (Wildman–Crippen LogP) is 0.513. The first-order valence-electron chi connectivity index (χ1n) is 4.84. The lowest BCUT2D eigenvalue weighted by molar-refractivity contribution is 0.0511. The van der Waals surface area contributed by atoms with E-state index in [2.05, 4.69) is 15.5 Å². The molecule has 1 unspecified atom stereocenters. The monoisotopic (exact) mass is 215 g/mol. The van der Waals surface area contributed by atoms with Crippen molar-refractivity contribution in [2.45, 2.75) is 19.6 Å². The maximum absolute atomic E-state index is 5.37. The Labute approximate surface area is 89.0 Å². The van der Waals surface area contributed by atoms with Crippen LogP contribution in [0.3, 0.4) is 0 Å². The van der Waals surface area contributed by atoms with Crippen LogP contribution in [0.25, 0.3) is 0 Å². The zero-order chi connectivity index (χ0) is 11.1. The Morgan fingerprint density at radius 3 is 2.87 bits per heavy atom. The van der Waals surface area contributed by atoms with E-state index in [4.69, 9.17) is 13.9 Å². The van der Waals surface area contributed by atoms with E-state index in [-0.39, 0.29) is 6.04 Å². The smallest absolute Gasteiger partial charge is 0.242 e. The largest absolute Gasteiger partial charge is 0.421 e. The second-order valence-electron chi connectivity index (χ2n) is 3.09. The van der Waals surface area contributed by atoms with Crippen molar-refractivity contribution in [3.05, 3.63) is 11.8 Å². The summed E-state index contributed by atoms with van der Waals surface area (Å²) in [4.78, 5) is 0. The Morgan fingerprint density at radius 1 is 1.40 bits per heavy atom. The van der Waals surface area contributed by atoms with Crippen molar-refractivity contribution in [2.75, 3.05) is 27.4 Å². The lowest BCUT2D eigenvalue weighted by atomic mass is 10.3. The Bertz CT molecular complexity index is 277. The molecule has 0 aliphatic heterocycles. The second-order valence-corrected chi connectivity index (χ2v) is 3.09. The molecule has 0 aliphatic rings. The van der Waals surface area contributed by atoms with Crippen LogP contribution < -0.4 is 5.32 Å². The number of aromatic nitrogens is 2. The molecule has 1 heterocycles. The minimum Gasteiger partial charge on any atom is -0.421 e. The van der Waals surface area contributed by atoms with Gasteiger partial charge in [-0.2, -0.15) is 0 Å². The van der Waals surface area contributed by atoms with Crippen LogP contribution in [0.15, 0.2) is 4.42 Å². The van der Waals surface area contributed by atoms with Crippen LogP contribution in [0.2, 0.25) is 0 Å². The van der Waals surface area contributed by atoms with E-state index in [9.17, 15) is 0 Å². The number of ether oxygens (including phenoxy) is 2. The van der Waals surface area contributed by atoms with Crippen LogP contribution in [0.1, 0.15) is 24.7 Å². The highest BCUT2D eigenvalue weighted by atomic mass is 16.5. The summed E-state index contributed by atoms with van der Waals surface area (Å²) in [5.74, 6) is 1.06. The lowest BCUT2D eigenvalue weighted by Crippen LogP contribution is -2.12. The molecular formula is C9H17N3O3. The van der Waals surface area contributed by atoms with Gasteiger partial charge >= 0.3 is 0 Å². The molecule has 6 heteroatoms. The number of hydrogen-bond donors (Lipinski definition) is 1. The van der Waals surface area contributed by atoms with Gasteiger partial charge in [0.1, 0.15) is 6.61 Å². The lowest BCUT2D eigenvalue weighted by Gasteiger charge is -2.02. The minimum absolute atomic E-state index is 0.0604. The van der Waals surface area contributed by atoms with E-state index in [1.807, 2.05) is 14.0 Å². The highest BCUT2D eigenvalue weighted by molar-refractivity contribution is 4.86. The molecule has 0 aliphatic carbocycles. The van der Waals surface area contributed by atoms with Gasteiger partial charge in [0.15, 0.2) is 0 Å². The van der Waals surface area contributed by atoms with Gasteiger partial charge in [0.05, 0.1) is 19.3 Å². The molecule has 0 bridgehead atoms. The fourth-order valence-corrected chi connectivity index (χ4v) is 0.925. The van der Waals surface area contributed by atoms with Crippen LogP contribution >= 0.6 is 0 Å². The molecule has 0 amide bonds. The standard InChI is InChI=1S/C9H17N3O3/c1-7(10-2)9-12-11-8(15-9)6-14-5-4-13-3/h7,10H,4-6H2,1-3H3. The summed E-state index contributed by atoms with van der Waals surface area (Å²) >= 11 is 0. The average molecular weight is 215 g/mol. The summed E-state index contributed by atoms with van der Waals surface area (Å²) in [5.41, 5.74) is 0. The van der Waals surface area contributed by atoms with Gasteiger partial charge < -0.3 is 19.2 Å². The number of methoxy groups -OCH3 is 1. The van der Waals surface area contributed by atoms with Crippen molar-refractivity contribution in [2.24, 2.45) is 0 Å². The van der Waals surface area contributed by atoms with Gasteiger partial charge in [-0.3, -0.25) is 0 Å².